The molecule has 2 aromatic rings. The second kappa shape index (κ2) is 6.32. The van der Waals surface area contributed by atoms with Crippen LogP contribution in [0.5, 0.6) is 0 Å². The maximum atomic E-state index is 13.1. The Kier molecular flexibility index (Phi) is 4.27. The summed E-state index contributed by atoms with van der Waals surface area (Å²) in [4.78, 5) is 0. The molecule has 0 amide bonds. The number of halogens is 1. The smallest absolute Gasteiger partial charge is 0.209 e. The first-order chi connectivity index (χ1) is 9.81. The van der Waals surface area contributed by atoms with Crippen LogP contribution in [0.25, 0.3) is 0 Å². The van der Waals surface area contributed by atoms with Crippen molar-refractivity contribution in [3.63, 3.8) is 0 Å². The van der Waals surface area contributed by atoms with E-state index in [1.54, 1.807) is 10.7 Å². The highest BCUT2D eigenvalue weighted by Crippen LogP contribution is 2.22. The maximum Gasteiger partial charge on any atom is 0.209 e. The molecule has 1 saturated heterocycles. The normalized spacial score (nSPS) is 18.6. The fraction of sp³-hybridized carbons (Fsp3) is 0.462. The van der Waals surface area contributed by atoms with Crippen LogP contribution in [-0.4, -0.2) is 32.9 Å². The van der Waals surface area contributed by atoms with E-state index in [4.69, 9.17) is 4.74 Å². The zero-order valence-electron chi connectivity index (χ0n) is 10.9. The van der Waals surface area contributed by atoms with E-state index in [2.05, 4.69) is 15.5 Å². The van der Waals surface area contributed by atoms with Gasteiger partial charge in [-0.1, -0.05) is 23.9 Å². The highest BCUT2D eigenvalue weighted by molar-refractivity contribution is 7.98. The second-order valence-electron chi connectivity index (χ2n) is 4.70. The van der Waals surface area contributed by atoms with E-state index < -0.39 is 0 Å². The Balaban J connectivity index is 1.61. The van der Waals surface area contributed by atoms with Crippen LogP contribution in [0.1, 0.15) is 18.4 Å². The standard InChI is InChI=1S/C13H15FN4OS/c14-11-4-1-3-10(7-11)9-20-13-15-16-17-18(13)8-12-5-2-6-19-12/h1,3-4,7,12H,2,5-6,8-9H2/t12-/m0/s1. The lowest BCUT2D eigenvalue weighted by atomic mass is 10.2. The van der Waals surface area contributed by atoms with Crippen LogP contribution >= 0.6 is 11.8 Å². The van der Waals surface area contributed by atoms with Crippen molar-refractivity contribution < 1.29 is 9.13 Å². The zero-order valence-corrected chi connectivity index (χ0v) is 11.7. The summed E-state index contributed by atoms with van der Waals surface area (Å²) in [6.07, 6.45) is 2.35. The van der Waals surface area contributed by atoms with Crippen molar-refractivity contribution in [1.29, 1.82) is 0 Å². The average Bonchev–Trinajstić information content (AvgIpc) is 3.09. The van der Waals surface area contributed by atoms with Crippen molar-refractivity contribution in [2.24, 2.45) is 0 Å². The topological polar surface area (TPSA) is 52.8 Å². The molecule has 1 aromatic heterocycles. The Hall–Kier alpha value is -1.47. The lowest BCUT2D eigenvalue weighted by Crippen LogP contribution is -2.16. The second-order valence-corrected chi connectivity index (χ2v) is 5.64. The monoisotopic (exact) mass is 294 g/mol. The Bertz CT molecular complexity index is 571. The van der Waals surface area contributed by atoms with Crippen molar-refractivity contribution in [2.75, 3.05) is 6.61 Å². The quantitative estimate of drug-likeness (QED) is 0.792. The van der Waals surface area contributed by atoms with Crippen molar-refractivity contribution in [1.82, 2.24) is 20.2 Å². The molecule has 106 valence electrons. The highest BCUT2D eigenvalue weighted by Gasteiger charge is 2.18. The minimum atomic E-state index is -0.220. The maximum absolute atomic E-state index is 13.1. The van der Waals surface area contributed by atoms with E-state index in [1.807, 2.05) is 6.07 Å². The number of hydrogen-bond acceptors (Lipinski definition) is 5. The van der Waals surface area contributed by atoms with Crippen LogP contribution in [0.4, 0.5) is 4.39 Å². The fourth-order valence-corrected chi connectivity index (χ4v) is 3.00. The van der Waals surface area contributed by atoms with Crippen molar-refractivity contribution in [3.8, 4) is 0 Å². The number of rotatable bonds is 5. The van der Waals surface area contributed by atoms with Gasteiger partial charge in [-0.05, 0) is 41.0 Å². The van der Waals surface area contributed by atoms with Gasteiger partial charge in [-0.25, -0.2) is 9.07 Å². The molecule has 0 radical (unpaired) electrons. The van der Waals surface area contributed by atoms with Gasteiger partial charge in [0.05, 0.1) is 12.6 Å². The van der Waals surface area contributed by atoms with Gasteiger partial charge in [-0.2, -0.15) is 0 Å². The molecule has 0 bridgehead atoms. The summed E-state index contributed by atoms with van der Waals surface area (Å²) in [5.74, 6) is 0.422. The molecule has 1 aromatic carbocycles. The lowest BCUT2D eigenvalue weighted by Gasteiger charge is -2.09. The minimum absolute atomic E-state index is 0.201. The van der Waals surface area contributed by atoms with E-state index >= 15 is 0 Å². The molecule has 3 rings (SSSR count). The number of benzene rings is 1. The van der Waals surface area contributed by atoms with Crippen LogP contribution in [0.15, 0.2) is 29.4 Å². The van der Waals surface area contributed by atoms with Crippen LogP contribution in [-0.2, 0) is 17.0 Å². The number of aromatic nitrogens is 4. The van der Waals surface area contributed by atoms with Crippen LogP contribution in [0.3, 0.4) is 0 Å². The third-order valence-corrected chi connectivity index (χ3v) is 4.18. The number of thioether (sulfide) groups is 1. The van der Waals surface area contributed by atoms with Gasteiger partial charge in [-0.15, -0.1) is 5.10 Å². The Labute approximate surface area is 120 Å². The van der Waals surface area contributed by atoms with Crippen molar-refractivity contribution >= 4 is 11.8 Å². The highest BCUT2D eigenvalue weighted by atomic mass is 32.2. The van der Waals surface area contributed by atoms with Gasteiger partial charge in [-0.3, -0.25) is 0 Å². The van der Waals surface area contributed by atoms with Gasteiger partial charge in [0.25, 0.3) is 0 Å². The molecule has 7 heteroatoms. The molecule has 1 aliphatic rings. The minimum Gasteiger partial charge on any atom is -0.376 e. The largest absolute Gasteiger partial charge is 0.376 e. The Morgan fingerprint density at radius 3 is 3.20 bits per heavy atom. The Morgan fingerprint density at radius 2 is 2.40 bits per heavy atom. The molecule has 20 heavy (non-hydrogen) atoms. The molecular weight excluding hydrogens is 279 g/mol. The van der Waals surface area contributed by atoms with Crippen molar-refractivity contribution in [2.45, 2.75) is 36.4 Å². The van der Waals surface area contributed by atoms with Gasteiger partial charge < -0.3 is 4.74 Å². The first-order valence-electron chi connectivity index (χ1n) is 6.56. The average molecular weight is 294 g/mol. The van der Waals surface area contributed by atoms with E-state index in [1.165, 1.54) is 23.9 Å². The first kappa shape index (κ1) is 13.5. The SMILES string of the molecule is Fc1cccc(CSc2nnnn2C[C@@H]2CCCO2)c1. The van der Waals surface area contributed by atoms with Crippen LogP contribution in [0.2, 0.25) is 0 Å². The molecule has 0 unspecified atom stereocenters. The molecule has 0 aliphatic carbocycles. The van der Waals surface area contributed by atoms with Crippen molar-refractivity contribution in [3.05, 3.63) is 35.6 Å². The van der Waals surface area contributed by atoms with Gasteiger partial charge >= 0.3 is 0 Å². The zero-order chi connectivity index (χ0) is 13.8. The molecule has 2 heterocycles. The summed E-state index contributed by atoms with van der Waals surface area (Å²) in [6, 6.07) is 6.57. The molecule has 0 spiro atoms. The third-order valence-electron chi connectivity index (χ3n) is 3.16. The predicted octanol–water partition coefficient (Wildman–Crippen LogP) is 2.28. The summed E-state index contributed by atoms with van der Waals surface area (Å²) in [7, 11) is 0. The fourth-order valence-electron chi connectivity index (χ4n) is 2.17. The summed E-state index contributed by atoms with van der Waals surface area (Å²) in [5.41, 5.74) is 0.918. The van der Waals surface area contributed by atoms with Crippen LogP contribution in [0, 0.1) is 5.82 Å². The van der Waals surface area contributed by atoms with E-state index in [0.717, 1.165) is 30.2 Å². The summed E-state index contributed by atoms with van der Waals surface area (Å²) in [5, 5.41) is 12.4. The molecule has 5 nitrogen and oxygen atoms in total. The van der Waals surface area contributed by atoms with Gasteiger partial charge in [0.1, 0.15) is 5.82 Å². The van der Waals surface area contributed by atoms with E-state index in [9.17, 15) is 4.39 Å². The van der Waals surface area contributed by atoms with Crippen LogP contribution < -0.4 is 0 Å². The Morgan fingerprint density at radius 1 is 1.45 bits per heavy atom. The third kappa shape index (κ3) is 3.34. The van der Waals surface area contributed by atoms with E-state index in [-0.39, 0.29) is 11.9 Å². The number of ether oxygens (including phenoxy) is 1. The van der Waals surface area contributed by atoms with Gasteiger partial charge in [0.15, 0.2) is 0 Å². The summed E-state index contributed by atoms with van der Waals surface area (Å²) >= 11 is 1.50. The summed E-state index contributed by atoms with van der Waals surface area (Å²) < 4.78 is 20.5. The number of tetrazole rings is 1. The number of nitrogens with zero attached hydrogens (tertiary/aromatic N) is 4. The van der Waals surface area contributed by atoms with Gasteiger partial charge in [0.2, 0.25) is 5.16 Å². The predicted molar refractivity (Wildman–Crippen MR) is 72.8 cm³/mol. The molecule has 1 fully saturated rings. The first-order valence-corrected chi connectivity index (χ1v) is 7.55. The molecule has 0 saturated carbocycles. The number of hydrogen-bond donors (Lipinski definition) is 0. The van der Waals surface area contributed by atoms with E-state index in [0.29, 0.717) is 12.3 Å². The lowest BCUT2D eigenvalue weighted by molar-refractivity contribution is 0.0912. The summed E-state index contributed by atoms with van der Waals surface area (Å²) in [6.45, 7) is 1.50. The molecule has 0 N–H and O–H groups in total. The molecule has 1 aliphatic heterocycles. The molecule has 1 atom stereocenters. The molecular formula is C13H15FN4OS. The van der Waals surface area contributed by atoms with Gasteiger partial charge in [0, 0.05) is 12.4 Å².